The fourth-order valence-electron chi connectivity index (χ4n) is 2.20. The molecule has 0 spiro atoms. The summed E-state index contributed by atoms with van der Waals surface area (Å²) in [4.78, 5) is 11.9. The van der Waals surface area contributed by atoms with Gasteiger partial charge in [0, 0.05) is 16.8 Å². The second-order valence-electron chi connectivity index (χ2n) is 4.38. The number of aliphatic hydroxyl groups excluding tert-OH is 1. The molecule has 23 heavy (non-hydrogen) atoms. The maximum absolute atomic E-state index is 14.6. The van der Waals surface area contributed by atoms with Crippen LogP contribution in [0.5, 0.6) is 5.75 Å². The maximum Gasteiger partial charge on any atom is 0.344 e. The van der Waals surface area contributed by atoms with Gasteiger partial charge >= 0.3 is 5.63 Å². The molecular formula is C18H15FO4. The molecule has 0 aliphatic carbocycles. The number of hydrogen-bond acceptors (Lipinski definition) is 4. The molecule has 4 nitrogen and oxygen atoms in total. The zero-order chi connectivity index (χ0) is 17.0. The van der Waals surface area contributed by atoms with E-state index in [1.165, 1.54) is 30.3 Å². The number of phenols is 1. The monoisotopic (exact) mass is 314 g/mol. The Labute approximate surface area is 131 Å². The average molecular weight is 314 g/mol. The van der Waals surface area contributed by atoms with E-state index in [1.54, 1.807) is 0 Å². The van der Waals surface area contributed by atoms with Gasteiger partial charge in [-0.05, 0) is 24.3 Å². The maximum atomic E-state index is 14.6. The minimum Gasteiger partial charge on any atom is -0.508 e. The second-order valence-corrected chi connectivity index (χ2v) is 4.38. The van der Waals surface area contributed by atoms with Gasteiger partial charge in [0.15, 0.2) is 0 Å². The van der Waals surface area contributed by atoms with Crippen molar-refractivity contribution in [2.45, 2.75) is 13.8 Å². The van der Waals surface area contributed by atoms with Crippen molar-refractivity contribution in [2.24, 2.45) is 0 Å². The summed E-state index contributed by atoms with van der Waals surface area (Å²) >= 11 is 0. The topological polar surface area (TPSA) is 70.7 Å². The van der Waals surface area contributed by atoms with Crippen LogP contribution in [0.25, 0.3) is 21.7 Å². The molecule has 0 radical (unpaired) electrons. The third kappa shape index (κ3) is 3.03. The fourth-order valence-corrected chi connectivity index (χ4v) is 2.20. The zero-order valence-corrected chi connectivity index (χ0v) is 12.7. The van der Waals surface area contributed by atoms with Gasteiger partial charge in [-0.1, -0.05) is 25.7 Å². The first kappa shape index (κ1) is 16.5. The second kappa shape index (κ2) is 6.95. The number of fused-ring (bicyclic) bond motifs is 3. The van der Waals surface area contributed by atoms with E-state index in [2.05, 4.69) is 11.8 Å². The summed E-state index contributed by atoms with van der Waals surface area (Å²) < 4.78 is 19.6. The van der Waals surface area contributed by atoms with Crippen LogP contribution in [0.3, 0.4) is 0 Å². The Morgan fingerprint density at radius 3 is 2.57 bits per heavy atom. The van der Waals surface area contributed by atoms with E-state index in [1.807, 2.05) is 13.8 Å². The van der Waals surface area contributed by atoms with Crippen LogP contribution in [0.1, 0.15) is 19.4 Å². The van der Waals surface area contributed by atoms with Gasteiger partial charge in [-0.3, -0.25) is 0 Å². The van der Waals surface area contributed by atoms with Crippen molar-refractivity contribution >= 4 is 21.7 Å². The van der Waals surface area contributed by atoms with Gasteiger partial charge in [0.2, 0.25) is 0 Å². The van der Waals surface area contributed by atoms with Crippen molar-refractivity contribution < 1.29 is 19.0 Å². The molecule has 0 unspecified atom stereocenters. The quantitative estimate of drug-likeness (QED) is 0.380. The molecule has 0 aliphatic rings. The van der Waals surface area contributed by atoms with Crippen LogP contribution in [0.4, 0.5) is 4.39 Å². The van der Waals surface area contributed by atoms with Crippen LogP contribution in [-0.4, -0.2) is 16.8 Å². The summed E-state index contributed by atoms with van der Waals surface area (Å²) in [6.07, 6.45) is 0. The molecule has 118 valence electrons. The molecule has 5 heteroatoms. The number of halogens is 1. The minimum absolute atomic E-state index is 0.0801. The highest BCUT2D eigenvalue weighted by Gasteiger charge is 2.14. The highest BCUT2D eigenvalue weighted by Crippen LogP contribution is 2.29. The highest BCUT2D eigenvalue weighted by molar-refractivity contribution is 6.05. The minimum atomic E-state index is -0.691. The van der Waals surface area contributed by atoms with Gasteiger partial charge in [-0.25, -0.2) is 9.18 Å². The molecule has 0 aliphatic heterocycles. The number of rotatable bonds is 0. The number of benzene rings is 2. The molecule has 0 atom stereocenters. The van der Waals surface area contributed by atoms with Crippen LogP contribution < -0.4 is 5.63 Å². The Hall–Kier alpha value is -2.84. The lowest BCUT2D eigenvalue weighted by Gasteiger charge is -2.05. The van der Waals surface area contributed by atoms with Crippen LogP contribution in [0.2, 0.25) is 0 Å². The molecule has 1 heterocycles. The van der Waals surface area contributed by atoms with E-state index >= 15 is 0 Å². The normalized spacial score (nSPS) is 9.91. The first-order valence-corrected chi connectivity index (χ1v) is 7.09. The molecule has 2 N–H and O–H groups in total. The molecule has 0 saturated carbocycles. The predicted molar refractivity (Wildman–Crippen MR) is 86.9 cm³/mol. The lowest BCUT2D eigenvalue weighted by molar-refractivity contribution is 0.350. The lowest BCUT2D eigenvalue weighted by atomic mass is 10.0. The number of hydrogen-bond donors (Lipinski definition) is 2. The van der Waals surface area contributed by atoms with Crippen LogP contribution >= 0.6 is 0 Å². The Morgan fingerprint density at radius 1 is 1.17 bits per heavy atom. The van der Waals surface area contributed by atoms with Crippen LogP contribution in [0, 0.1) is 17.7 Å². The number of aromatic hydroxyl groups is 1. The Morgan fingerprint density at radius 2 is 1.87 bits per heavy atom. The van der Waals surface area contributed by atoms with Crippen molar-refractivity contribution in [3.63, 3.8) is 0 Å². The van der Waals surface area contributed by atoms with E-state index in [4.69, 9.17) is 9.52 Å². The van der Waals surface area contributed by atoms with Crippen LogP contribution in [-0.2, 0) is 0 Å². The molecule has 3 aromatic rings. The lowest BCUT2D eigenvalue weighted by Crippen LogP contribution is -2.02. The van der Waals surface area contributed by atoms with Crippen molar-refractivity contribution in [3.8, 4) is 17.6 Å². The first-order chi connectivity index (χ1) is 11.1. The van der Waals surface area contributed by atoms with E-state index < -0.39 is 11.4 Å². The van der Waals surface area contributed by atoms with Gasteiger partial charge in [0.05, 0.1) is 10.9 Å². The molecule has 3 rings (SSSR count). The summed E-state index contributed by atoms with van der Waals surface area (Å²) in [6.45, 7) is 3.61. The molecule has 0 saturated heterocycles. The summed E-state index contributed by atoms with van der Waals surface area (Å²) in [5, 5.41) is 18.7. The molecule has 1 aromatic heterocycles. The van der Waals surface area contributed by atoms with E-state index in [9.17, 15) is 14.3 Å². The van der Waals surface area contributed by atoms with E-state index in [0.717, 1.165) is 0 Å². The largest absolute Gasteiger partial charge is 0.508 e. The van der Waals surface area contributed by atoms with Gasteiger partial charge in [0.1, 0.15) is 23.8 Å². The molecular weight excluding hydrogens is 299 g/mol. The van der Waals surface area contributed by atoms with Gasteiger partial charge in [-0.2, -0.15) is 0 Å². The molecule has 0 amide bonds. The smallest absolute Gasteiger partial charge is 0.344 e. The third-order valence-electron chi connectivity index (χ3n) is 3.10. The van der Waals surface area contributed by atoms with E-state index in [0.29, 0.717) is 5.39 Å². The summed E-state index contributed by atoms with van der Waals surface area (Å²) in [5.74, 6) is 4.12. The van der Waals surface area contributed by atoms with Crippen molar-refractivity contribution in [2.75, 3.05) is 6.61 Å². The number of phenolic OH excluding ortho intramolecular Hbond substituents is 1. The highest BCUT2D eigenvalue weighted by atomic mass is 19.1. The third-order valence-corrected chi connectivity index (χ3v) is 3.10. The zero-order valence-electron chi connectivity index (χ0n) is 12.7. The Balaban J connectivity index is 0.000000924. The summed E-state index contributed by atoms with van der Waals surface area (Å²) in [7, 11) is 0. The van der Waals surface area contributed by atoms with Crippen molar-refractivity contribution in [3.05, 3.63) is 52.1 Å². The molecule has 2 aromatic carbocycles. The van der Waals surface area contributed by atoms with Gasteiger partial charge in [0.25, 0.3) is 0 Å². The average Bonchev–Trinajstić information content (AvgIpc) is 2.56. The summed E-state index contributed by atoms with van der Waals surface area (Å²) in [5.41, 5.74) is -0.515. The van der Waals surface area contributed by atoms with Crippen molar-refractivity contribution in [1.82, 2.24) is 0 Å². The molecule has 0 fully saturated rings. The standard InChI is InChI=1S/C16H9FO4.C2H6/c17-15-9(2-1-7-18)3-5-12-14(15)11-6-4-10(19)8-13(11)21-16(12)20;1-2/h3-6,8,18-19H,7H2;1-2H3. The predicted octanol–water partition coefficient (Wildman–Crippen LogP) is 3.16. The summed E-state index contributed by atoms with van der Waals surface area (Å²) in [6, 6.07) is 6.90. The Bertz CT molecular complexity index is 977. The SMILES string of the molecule is CC.O=c1oc2cc(O)ccc2c2c(F)c(C#CCO)ccc12. The van der Waals surface area contributed by atoms with Crippen LogP contribution in [0.15, 0.2) is 39.5 Å². The van der Waals surface area contributed by atoms with Gasteiger partial charge in [-0.15, -0.1) is 0 Å². The Kier molecular flexibility index (Phi) is 4.99. The van der Waals surface area contributed by atoms with Gasteiger partial charge < -0.3 is 14.6 Å². The van der Waals surface area contributed by atoms with E-state index in [-0.39, 0.29) is 34.3 Å². The van der Waals surface area contributed by atoms with Crippen molar-refractivity contribution in [1.29, 1.82) is 0 Å². The number of aliphatic hydroxyl groups is 1. The fraction of sp³-hybridized carbons (Fsp3) is 0.167. The molecule has 0 bridgehead atoms. The first-order valence-electron chi connectivity index (χ1n) is 7.09.